The van der Waals surface area contributed by atoms with Crippen LogP contribution in [0.5, 0.6) is 5.75 Å². The van der Waals surface area contributed by atoms with E-state index in [9.17, 15) is 13.2 Å². The molecule has 6 nitrogen and oxygen atoms in total. The maximum absolute atomic E-state index is 12.9. The molecule has 1 N–H and O–H groups in total. The fourth-order valence-electron chi connectivity index (χ4n) is 2.83. The predicted octanol–water partition coefficient (Wildman–Crippen LogP) is 2.81. The van der Waals surface area contributed by atoms with Gasteiger partial charge < -0.3 is 10.1 Å². The van der Waals surface area contributed by atoms with Crippen LogP contribution in [0, 0.1) is 5.92 Å². The number of hydrogen-bond acceptors (Lipinski definition) is 5. The van der Waals surface area contributed by atoms with E-state index < -0.39 is 12.0 Å². The number of aromatic nitrogens is 4. The molecule has 2 aromatic heterocycles. The minimum absolute atomic E-state index is 0.0489. The summed E-state index contributed by atoms with van der Waals surface area (Å²) in [5.74, 6) is 0.283. The zero-order chi connectivity index (χ0) is 17.4. The van der Waals surface area contributed by atoms with Crippen molar-refractivity contribution in [2.24, 2.45) is 5.92 Å². The number of fused-ring (bicyclic) bond motifs is 2. The average Bonchev–Trinajstić information content (AvgIpc) is 3.03. The Labute approximate surface area is 140 Å². The van der Waals surface area contributed by atoms with Crippen molar-refractivity contribution in [2.45, 2.75) is 12.6 Å². The second-order valence-electron chi connectivity index (χ2n) is 5.88. The Kier molecular flexibility index (Phi) is 3.70. The summed E-state index contributed by atoms with van der Waals surface area (Å²) in [7, 11) is 0. The smallest absolute Gasteiger partial charge is 0.453 e. The van der Waals surface area contributed by atoms with Gasteiger partial charge >= 0.3 is 6.18 Å². The van der Waals surface area contributed by atoms with Gasteiger partial charge in [0.1, 0.15) is 11.6 Å². The molecule has 0 radical (unpaired) electrons. The summed E-state index contributed by atoms with van der Waals surface area (Å²) in [5, 5.41) is 13.7. The highest BCUT2D eigenvalue weighted by molar-refractivity contribution is 5.44. The van der Waals surface area contributed by atoms with Crippen LogP contribution >= 0.6 is 0 Å². The second-order valence-corrected chi connectivity index (χ2v) is 5.88. The number of alkyl halides is 3. The van der Waals surface area contributed by atoms with Crippen LogP contribution in [0.15, 0.2) is 36.4 Å². The van der Waals surface area contributed by atoms with Crippen LogP contribution in [0.2, 0.25) is 0 Å². The van der Waals surface area contributed by atoms with Crippen LogP contribution in [0.3, 0.4) is 0 Å². The molecule has 0 amide bonds. The summed E-state index contributed by atoms with van der Waals surface area (Å²) in [4.78, 5) is 0. The minimum atomic E-state index is -4.61. The maximum atomic E-state index is 12.9. The molecule has 0 fully saturated rings. The van der Waals surface area contributed by atoms with Crippen molar-refractivity contribution in [1.82, 2.24) is 19.8 Å². The summed E-state index contributed by atoms with van der Waals surface area (Å²) in [6.45, 7) is 1.09. The van der Waals surface area contributed by atoms with Crippen LogP contribution in [-0.2, 0) is 12.6 Å². The van der Waals surface area contributed by atoms with E-state index in [0.29, 0.717) is 23.5 Å². The molecule has 9 heteroatoms. The summed E-state index contributed by atoms with van der Waals surface area (Å²) < 4.78 is 45.1. The van der Waals surface area contributed by atoms with Gasteiger partial charge in [-0.2, -0.15) is 17.7 Å². The molecule has 4 rings (SSSR count). The molecule has 25 heavy (non-hydrogen) atoms. The van der Waals surface area contributed by atoms with Gasteiger partial charge in [0.25, 0.3) is 5.82 Å². The lowest BCUT2D eigenvalue weighted by Crippen LogP contribution is -2.27. The summed E-state index contributed by atoms with van der Waals surface area (Å²) in [5.41, 5.74) is 1.18. The SMILES string of the molecule is FC(F)(F)c1nnc2ccc(NCC3COc4ccccc4C3)nn12. The standard InChI is InChI=1S/C16H14F3N5O/c17-16(18,19)15-22-21-14-6-5-13(23-24(14)15)20-8-10-7-11-3-1-2-4-12(11)25-9-10/h1-6,10H,7-9H2,(H,20,23). The average molecular weight is 349 g/mol. The van der Waals surface area contributed by atoms with Gasteiger partial charge in [-0.15, -0.1) is 15.3 Å². The highest BCUT2D eigenvalue weighted by atomic mass is 19.4. The number of benzene rings is 1. The first-order valence-electron chi connectivity index (χ1n) is 7.75. The van der Waals surface area contributed by atoms with Crippen LogP contribution in [0.25, 0.3) is 5.65 Å². The molecular formula is C16H14F3N5O. The molecule has 1 aliphatic heterocycles. The first kappa shape index (κ1) is 15.7. The Balaban J connectivity index is 1.48. The van der Waals surface area contributed by atoms with E-state index in [-0.39, 0.29) is 11.6 Å². The molecular weight excluding hydrogens is 335 g/mol. The summed E-state index contributed by atoms with van der Waals surface area (Å²) >= 11 is 0. The summed E-state index contributed by atoms with van der Waals surface area (Å²) in [6, 6.07) is 10.9. The Morgan fingerprint density at radius 1 is 1.16 bits per heavy atom. The van der Waals surface area contributed by atoms with E-state index >= 15 is 0 Å². The third-order valence-electron chi connectivity index (χ3n) is 4.04. The van der Waals surface area contributed by atoms with Crippen molar-refractivity contribution in [3.63, 3.8) is 0 Å². The van der Waals surface area contributed by atoms with Crippen molar-refractivity contribution in [3.05, 3.63) is 47.8 Å². The van der Waals surface area contributed by atoms with Crippen LogP contribution in [-0.4, -0.2) is 33.0 Å². The van der Waals surface area contributed by atoms with Gasteiger partial charge in [-0.25, -0.2) is 0 Å². The molecule has 0 aliphatic carbocycles. The van der Waals surface area contributed by atoms with Crippen molar-refractivity contribution in [1.29, 1.82) is 0 Å². The maximum Gasteiger partial charge on any atom is 0.453 e. The van der Waals surface area contributed by atoms with Crippen molar-refractivity contribution < 1.29 is 17.9 Å². The number of hydrogen-bond donors (Lipinski definition) is 1. The lowest BCUT2D eigenvalue weighted by molar-refractivity contribution is -0.146. The summed E-state index contributed by atoms with van der Waals surface area (Å²) in [6.07, 6.45) is -3.77. The number of anilines is 1. The normalized spacial score (nSPS) is 17.2. The molecule has 0 spiro atoms. The Morgan fingerprint density at radius 2 is 2.00 bits per heavy atom. The monoisotopic (exact) mass is 349 g/mol. The van der Waals surface area contributed by atoms with Gasteiger partial charge in [-0.05, 0) is 30.2 Å². The quantitative estimate of drug-likeness (QED) is 0.788. The molecule has 0 saturated heterocycles. The second kappa shape index (κ2) is 5.91. The van der Waals surface area contributed by atoms with E-state index in [4.69, 9.17) is 4.74 Å². The number of nitrogens with zero attached hydrogens (tertiary/aromatic N) is 4. The highest BCUT2D eigenvalue weighted by Crippen LogP contribution is 2.28. The molecule has 1 atom stereocenters. The Morgan fingerprint density at radius 3 is 2.84 bits per heavy atom. The van der Waals surface area contributed by atoms with Crippen LogP contribution in [0.4, 0.5) is 19.0 Å². The lowest BCUT2D eigenvalue weighted by Gasteiger charge is -2.25. The molecule has 0 saturated carbocycles. The fourth-order valence-corrected chi connectivity index (χ4v) is 2.83. The predicted molar refractivity (Wildman–Crippen MR) is 83.4 cm³/mol. The topological polar surface area (TPSA) is 64.3 Å². The fraction of sp³-hybridized carbons (Fsp3) is 0.312. The molecule has 1 aromatic carbocycles. The number of halogens is 3. The Bertz CT molecular complexity index is 908. The molecule has 3 aromatic rings. The zero-order valence-electron chi connectivity index (χ0n) is 13.0. The van der Waals surface area contributed by atoms with Crippen LogP contribution in [0.1, 0.15) is 11.4 Å². The first-order valence-corrected chi connectivity index (χ1v) is 7.75. The van der Waals surface area contributed by atoms with Gasteiger partial charge in [-0.3, -0.25) is 0 Å². The minimum Gasteiger partial charge on any atom is -0.493 e. The molecule has 130 valence electrons. The number of nitrogens with one attached hydrogen (secondary N) is 1. The molecule has 3 heterocycles. The van der Waals surface area contributed by atoms with Crippen molar-refractivity contribution in [3.8, 4) is 5.75 Å². The van der Waals surface area contributed by atoms with Gasteiger partial charge in [0, 0.05) is 12.5 Å². The van der Waals surface area contributed by atoms with Gasteiger partial charge in [-0.1, -0.05) is 18.2 Å². The molecule has 1 aliphatic rings. The van der Waals surface area contributed by atoms with Crippen LogP contribution < -0.4 is 10.1 Å². The highest BCUT2D eigenvalue weighted by Gasteiger charge is 2.37. The largest absolute Gasteiger partial charge is 0.493 e. The molecule has 1 unspecified atom stereocenters. The van der Waals surface area contributed by atoms with E-state index in [0.717, 1.165) is 17.7 Å². The van der Waals surface area contributed by atoms with Crippen molar-refractivity contribution >= 4 is 11.5 Å². The van der Waals surface area contributed by atoms with E-state index in [1.807, 2.05) is 24.3 Å². The third kappa shape index (κ3) is 3.09. The van der Waals surface area contributed by atoms with Gasteiger partial charge in [0.2, 0.25) is 0 Å². The third-order valence-corrected chi connectivity index (χ3v) is 4.04. The molecule has 0 bridgehead atoms. The first-order chi connectivity index (χ1) is 12.0. The number of rotatable bonds is 3. The van der Waals surface area contributed by atoms with Crippen molar-refractivity contribution in [2.75, 3.05) is 18.5 Å². The van der Waals surface area contributed by atoms with E-state index in [2.05, 4.69) is 20.6 Å². The number of para-hydroxylation sites is 1. The van der Waals surface area contributed by atoms with Gasteiger partial charge in [0.05, 0.1) is 6.61 Å². The van der Waals surface area contributed by atoms with E-state index in [1.165, 1.54) is 6.07 Å². The van der Waals surface area contributed by atoms with Gasteiger partial charge in [0.15, 0.2) is 5.65 Å². The van der Waals surface area contributed by atoms with E-state index in [1.54, 1.807) is 6.07 Å². The zero-order valence-corrected chi connectivity index (χ0v) is 13.0. The number of ether oxygens (including phenoxy) is 1. The Hall–Kier alpha value is -2.84. The lowest BCUT2D eigenvalue weighted by atomic mass is 9.97.